The van der Waals surface area contributed by atoms with Crippen molar-refractivity contribution in [3.8, 4) is 11.6 Å². The molecular formula is C25H36ClN5O5. The predicted molar refractivity (Wildman–Crippen MR) is 137 cm³/mol. The summed E-state index contributed by atoms with van der Waals surface area (Å²) in [5, 5.41) is 37.0. The summed E-state index contributed by atoms with van der Waals surface area (Å²) in [5.41, 5.74) is 0.472. The minimum Gasteiger partial charge on any atom is -0.493 e. The van der Waals surface area contributed by atoms with E-state index in [9.17, 15) is 9.90 Å². The summed E-state index contributed by atoms with van der Waals surface area (Å²) in [6.07, 6.45) is 0.489. The number of Topliss-reactive ketones (excluding diaryl/α,β-unsaturated/α-hetero) is 1. The smallest absolute Gasteiger partial charge is 0.242 e. The first-order valence-electron chi connectivity index (χ1n) is 11.7. The van der Waals surface area contributed by atoms with Gasteiger partial charge in [0.1, 0.15) is 12.3 Å². The van der Waals surface area contributed by atoms with E-state index in [0.717, 1.165) is 5.56 Å². The number of rotatable bonds is 10. The molecule has 0 aliphatic rings. The summed E-state index contributed by atoms with van der Waals surface area (Å²) >= 11 is 0. The Bertz CT molecular complexity index is 1270. The van der Waals surface area contributed by atoms with Crippen LogP contribution in [0.25, 0.3) is 5.65 Å². The molecule has 0 aliphatic carbocycles. The van der Waals surface area contributed by atoms with Crippen LogP contribution in [0.4, 0.5) is 0 Å². The quantitative estimate of drug-likeness (QED) is 0.275. The number of aliphatic hydroxyl groups excluding tert-OH is 1. The zero-order valence-electron chi connectivity index (χ0n) is 21.7. The topological polar surface area (TPSA) is 135 Å². The van der Waals surface area contributed by atoms with Gasteiger partial charge in [-0.3, -0.25) is 10.2 Å². The molecule has 11 heteroatoms. The van der Waals surface area contributed by atoms with E-state index in [1.54, 1.807) is 26.0 Å². The number of fused-ring (bicyclic) bond motifs is 1. The van der Waals surface area contributed by atoms with Gasteiger partial charge in [-0.2, -0.15) is 4.52 Å². The number of nitrogens with zero attached hydrogens (tertiary/aromatic N) is 4. The molecule has 2 aromatic heterocycles. The summed E-state index contributed by atoms with van der Waals surface area (Å²) in [6.45, 7) is 11.7. The molecule has 3 N–H and O–H groups in total. The van der Waals surface area contributed by atoms with E-state index in [1.807, 2.05) is 39.8 Å². The molecule has 0 fully saturated rings. The summed E-state index contributed by atoms with van der Waals surface area (Å²) in [4.78, 5) is 13.3. The Balaban J connectivity index is 0.00000456. The number of ether oxygens (including phenoxy) is 2. The number of hydrogen-bond acceptors (Lipinski definition) is 8. The number of ketones is 1. The van der Waals surface area contributed by atoms with Crippen molar-refractivity contribution < 1.29 is 24.5 Å². The number of aromatic nitrogens is 4. The first-order chi connectivity index (χ1) is 16.3. The van der Waals surface area contributed by atoms with E-state index in [0.29, 0.717) is 36.5 Å². The van der Waals surface area contributed by atoms with E-state index in [1.165, 1.54) is 9.20 Å². The summed E-state index contributed by atoms with van der Waals surface area (Å²) in [6, 6.07) is 6.99. The average Bonchev–Trinajstić information content (AvgIpc) is 3.07. The third-order valence-electron chi connectivity index (χ3n) is 5.48. The monoisotopic (exact) mass is 521 g/mol. The highest BCUT2D eigenvalue weighted by atomic mass is 35.5. The average molecular weight is 522 g/mol. The Morgan fingerprint density at radius 3 is 2.36 bits per heavy atom. The number of carbonyl (C=O) groups excluding carboxylic acids is 1. The van der Waals surface area contributed by atoms with Crippen LogP contribution in [0.1, 0.15) is 69.4 Å². The zero-order valence-corrected chi connectivity index (χ0v) is 22.5. The van der Waals surface area contributed by atoms with Gasteiger partial charge in [-0.05, 0) is 49.9 Å². The van der Waals surface area contributed by atoms with Crippen LogP contribution in [0.5, 0.6) is 11.6 Å². The predicted octanol–water partition coefficient (Wildman–Crippen LogP) is 3.00. The maximum absolute atomic E-state index is 13.3. The van der Waals surface area contributed by atoms with Gasteiger partial charge in [0.2, 0.25) is 11.5 Å². The number of carbonyl (C=O) groups is 1. The summed E-state index contributed by atoms with van der Waals surface area (Å²) < 4.78 is 13.8. The molecule has 1 aromatic carbocycles. The lowest BCUT2D eigenvalue weighted by atomic mass is 9.85. The molecule has 0 aliphatic heterocycles. The number of aliphatic hydroxyl groups is 2. The molecule has 3 aromatic rings. The number of nitrogens with one attached hydrogen (secondary N) is 1. The number of halogens is 1. The van der Waals surface area contributed by atoms with Crippen molar-refractivity contribution in [2.75, 3.05) is 19.8 Å². The van der Waals surface area contributed by atoms with Crippen LogP contribution in [-0.4, -0.2) is 55.2 Å². The van der Waals surface area contributed by atoms with Gasteiger partial charge in [0.25, 0.3) is 0 Å². The van der Waals surface area contributed by atoms with Crippen LogP contribution >= 0.6 is 12.4 Å². The first-order valence-corrected chi connectivity index (χ1v) is 11.7. The number of hydrogen-bond donors (Lipinski definition) is 3. The zero-order chi connectivity index (χ0) is 26.0. The minimum absolute atomic E-state index is 0. The van der Waals surface area contributed by atoms with Gasteiger partial charge in [-0.15, -0.1) is 22.6 Å². The Hall–Kier alpha value is -2.95. The van der Waals surface area contributed by atoms with Crippen molar-refractivity contribution in [3.05, 3.63) is 46.6 Å². The fraction of sp³-hybridized carbons (Fsp3) is 0.520. The molecule has 3 rings (SSSR count). The molecular weight excluding hydrogens is 486 g/mol. The lowest BCUT2D eigenvalue weighted by molar-refractivity contribution is 0.0789. The molecule has 0 bridgehead atoms. The molecule has 36 heavy (non-hydrogen) atoms. The van der Waals surface area contributed by atoms with Crippen molar-refractivity contribution in [1.29, 1.82) is 5.41 Å². The maximum Gasteiger partial charge on any atom is 0.242 e. The SMILES string of the molecule is CCOc1cc(C(C)(C)O)c2nn(CC(=O)c3cc(OCCCO)cc(C(C)(C)C)c3)c(=N)n2n1.Cl. The van der Waals surface area contributed by atoms with Crippen LogP contribution in [0.2, 0.25) is 0 Å². The Morgan fingerprint density at radius 1 is 1.08 bits per heavy atom. The van der Waals surface area contributed by atoms with E-state index in [-0.39, 0.29) is 53.9 Å². The van der Waals surface area contributed by atoms with Gasteiger partial charge in [0, 0.05) is 30.2 Å². The molecule has 0 unspecified atom stereocenters. The molecule has 2 heterocycles. The molecule has 0 spiro atoms. The van der Waals surface area contributed by atoms with Gasteiger partial charge in [0.05, 0.1) is 18.8 Å². The highest BCUT2D eigenvalue weighted by Gasteiger charge is 2.25. The van der Waals surface area contributed by atoms with Crippen molar-refractivity contribution in [2.24, 2.45) is 0 Å². The lowest BCUT2D eigenvalue weighted by Crippen LogP contribution is -2.27. The lowest BCUT2D eigenvalue weighted by Gasteiger charge is -2.21. The second kappa shape index (κ2) is 11.4. The fourth-order valence-corrected chi connectivity index (χ4v) is 3.53. The van der Waals surface area contributed by atoms with Crippen LogP contribution in [-0.2, 0) is 17.6 Å². The normalized spacial score (nSPS) is 11.9. The number of benzene rings is 1. The van der Waals surface area contributed by atoms with Crippen LogP contribution in [0.3, 0.4) is 0 Å². The van der Waals surface area contributed by atoms with Gasteiger partial charge in [-0.1, -0.05) is 20.8 Å². The molecule has 0 atom stereocenters. The summed E-state index contributed by atoms with van der Waals surface area (Å²) in [7, 11) is 0. The van der Waals surface area contributed by atoms with E-state index in [2.05, 4.69) is 10.2 Å². The highest BCUT2D eigenvalue weighted by molar-refractivity contribution is 5.96. The molecule has 0 saturated carbocycles. The molecule has 198 valence electrons. The van der Waals surface area contributed by atoms with Crippen molar-refractivity contribution >= 4 is 23.8 Å². The molecule has 0 radical (unpaired) electrons. The van der Waals surface area contributed by atoms with E-state index in [4.69, 9.17) is 20.0 Å². The van der Waals surface area contributed by atoms with Crippen LogP contribution in [0, 0.1) is 5.41 Å². The summed E-state index contributed by atoms with van der Waals surface area (Å²) in [5.74, 6) is 0.552. The van der Waals surface area contributed by atoms with Crippen molar-refractivity contribution in [2.45, 2.75) is 65.5 Å². The highest BCUT2D eigenvalue weighted by Crippen LogP contribution is 2.29. The standard InChI is InChI=1S/C25H35N5O5.ClH/c1-7-34-21-14-19(25(5,6)33)22-28-29(23(26)30(22)27-21)15-20(32)16-11-17(24(2,3)4)13-18(12-16)35-10-8-9-31;/h11-14,26,31,33H,7-10,15H2,1-6H3;1H. The fourth-order valence-electron chi connectivity index (χ4n) is 3.53. The second-order valence-corrected chi connectivity index (χ2v) is 9.95. The Kier molecular flexibility index (Phi) is 9.28. The van der Waals surface area contributed by atoms with Gasteiger partial charge in [-0.25, -0.2) is 4.68 Å². The Morgan fingerprint density at radius 2 is 1.78 bits per heavy atom. The van der Waals surface area contributed by atoms with E-state index < -0.39 is 5.60 Å². The van der Waals surface area contributed by atoms with Gasteiger partial charge in [0.15, 0.2) is 11.4 Å². The second-order valence-electron chi connectivity index (χ2n) is 9.95. The first kappa shape index (κ1) is 29.3. The van der Waals surface area contributed by atoms with E-state index >= 15 is 0 Å². The van der Waals surface area contributed by atoms with Crippen LogP contribution < -0.4 is 15.1 Å². The van der Waals surface area contributed by atoms with Gasteiger partial charge < -0.3 is 19.7 Å². The molecule has 10 nitrogen and oxygen atoms in total. The maximum atomic E-state index is 13.3. The van der Waals surface area contributed by atoms with Gasteiger partial charge >= 0.3 is 0 Å². The third-order valence-corrected chi connectivity index (χ3v) is 5.48. The molecule has 0 saturated heterocycles. The van der Waals surface area contributed by atoms with Crippen molar-refractivity contribution in [3.63, 3.8) is 0 Å². The Labute approximate surface area is 216 Å². The largest absolute Gasteiger partial charge is 0.493 e. The van der Waals surface area contributed by atoms with Crippen LogP contribution in [0.15, 0.2) is 24.3 Å². The minimum atomic E-state index is -1.27. The van der Waals surface area contributed by atoms with Crippen molar-refractivity contribution in [1.82, 2.24) is 19.4 Å². The molecule has 0 amide bonds. The third kappa shape index (κ3) is 6.63.